The minimum atomic E-state index is 0.0202. The van der Waals surface area contributed by atoms with Crippen LogP contribution in [0.15, 0.2) is 12.3 Å². The topological polar surface area (TPSA) is 47.0 Å². The zero-order valence-electron chi connectivity index (χ0n) is 9.66. The van der Waals surface area contributed by atoms with Gasteiger partial charge in [-0.1, -0.05) is 13.3 Å². The van der Waals surface area contributed by atoms with Crippen molar-refractivity contribution in [2.45, 2.75) is 32.4 Å². The van der Waals surface area contributed by atoms with E-state index in [4.69, 9.17) is 4.74 Å². The van der Waals surface area contributed by atoms with Gasteiger partial charge in [0.2, 0.25) is 0 Å². The molecule has 4 nitrogen and oxygen atoms in total. The Bertz CT molecular complexity index is 291. The Hall–Kier alpha value is -1.00. The normalized spacial score (nSPS) is 12.7. The molecule has 1 heterocycles. The summed E-state index contributed by atoms with van der Waals surface area (Å²) in [7, 11) is 3.61. The molecule has 0 aliphatic rings. The van der Waals surface area contributed by atoms with Crippen molar-refractivity contribution >= 4 is 0 Å². The maximum atomic E-state index is 5.36. The molecule has 1 rings (SSSR count). The first-order valence-corrected chi connectivity index (χ1v) is 5.31. The third-order valence-electron chi connectivity index (χ3n) is 2.21. The van der Waals surface area contributed by atoms with Crippen LogP contribution < -0.4 is 5.32 Å². The SMILES string of the molecule is CCCC(OC)c1nccc(CNC)n1. The summed E-state index contributed by atoms with van der Waals surface area (Å²) in [5.41, 5.74) is 1.00. The Kier molecular flexibility index (Phi) is 5.21. The minimum Gasteiger partial charge on any atom is -0.373 e. The number of rotatable bonds is 6. The predicted molar refractivity (Wildman–Crippen MR) is 59.5 cm³/mol. The third kappa shape index (κ3) is 3.57. The average molecular weight is 209 g/mol. The van der Waals surface area contributed by atoms with E-state index in [-0.39, 0.29) is 6.10 Å². The lowest BCUT2D eigenvalue weighted by Gasteiger charge is -2.13. The van der Waals surface area contributed by atoms with Crippen molar-refractivity contribution in [2.24, 2.45) is 0 Å². The number of hydrogen-bond donors (Lipinski definition) is 1. The van der Waals surface area contributed by atoms with Crippen LogP contribution in [0, 0.1) is 0 Å². The van der Waals surface area contributed by atoms with Gasteiger partial charge in [-0.25, -0.2) is 9.97 Å². The molecular weight excluding hydrogens is 190 g/mol. The highest BCUT2D eigenvalue weighted by atomic mass is 16.5. The molecule has 15 heavy (non-hydrogen) atoms. The van der Waals surface area contributed by atoms with Crippen molar-refractivity contribution < 1.29 is 4.74 Å². The van der Waals surface area contributed by atoms with E-state index >= 15 is 0 Å². The zero-order valence-corrected chi connectivity index (χ0v) is 9.66. The number of methoxy groups -OCH3 is 1. The van der Waals surface area contributed by atoms with Gasteiger partial charge in [-0.2, -0.15) is 0 Å². The van der Waals surface area contributed by atoms with Crippen LogP contribution in [0.3, 0.4) is 0 Å². The molecule has 0 aliphatic carbocycles. The van der Waals surface area contributed by atoms with E-state index in [1.807, 2.05) is 13.1 Å². The summed E-state index contributed by atoms with van der Waals surface area (Å²) >= 11 is 0. The fraction of sp³-hybridized carbons (Fsp3) is 0.636. The quantitative estimate of drug-likeness (QED) is 0.774. The highest BCUT2D eigenvalue weighted by Gasteiger charge is 2.12. The smallest absolute Gasteiger partial charge is 0.157 e. The number of hydrogen-bond acceptors (Lipinski definition) is 4. The van der Waals surface area contributed by atoms with Crippen LogP contribution in [0.25, 0.3) is 0 Å². The van der Waals surface area contributed by atoms with E-state index in [0.29, 0.717) is 0 Å². The first kappa shape index (κ1) is 12.1. The predicted octanol–water partition coefficient (Wildman–Crippen LogP) is 1.68. The molecule has 0 spiro atoms. The van der Waals surface area contributed by atoms with Crippen LogP contribution in [0.1, 0.15) is 37.4 Å². The van der Waals surface area contributed by atoms with Gasteiger partial charge in [0, 0.05) is 19.9 Å². The number of aromatic nitrogens is 2. The summed E-state index contributed by atoms with van der Waals surface area (Å²) in [6.07, 6.45) is 3.83. The van der Waals surface area contributed by atoms with Gasteiger partial charge in [0.25, 0.3) is 0 Å². The van der Waals surface area contributed by atoms with Crippen molar-refractivity contribution in [3.63, 3.8) is 0 Å². The molecule has 1 aromatic rings. The molecule has 84 valence electrons. The minimum absolute atomic E-state index is 0.0202. The van der Waals surface area contributed by atoms with E-state index in [2.05, 4.69) is 22.2 Å². The summed E-state index contributed by atoms with van der Waals surface area (Å²) in [6.45, 7) is 2.89. The largest absolute Gasteiger partial charge is 0.373 e. The van der Waals surface area contributed by atoms with Crippen LogP contribution in [-0.2, 0) is 11.3 Å². The van der Waals surface area contributed by atoms with E-state index < -0.39 is 0 Å². The Labute approximate surface area is 91.1 Å². The maximum Gasteiger partial charge on any atom is 0.157 e. The van der Waals surface area contributed by atoms with Gasteiger partial charge >= 0.3 is 0 Å². The number of nitrogens with one attached hydrogen (secondary N) is 1. The Morgan fingerprint density at radius 2 is 2.33 bits per heavy atom. The highest BCUT2D eigenvalue weighted by molar-refractivity contribution is 5.04. The van der Waals surface area contributed by atoms with Crippen LogP contribution in [0.2, 0.25) is 0 Å². The Morgan fingerprint density at radius 3 is 2.93 bits per heavy atom. The summed E-state index contributed by atoms with van der Waals surface area (Å²) in [6, 6.07) is 1.92. The average Bonchev–Trinajstić information content (AvgIpc) is 2.27. The molecule has 0 saturated heterocycles. The van der Waals surface area contributed by atoms with Gasteiger partial charge in [-0.3, -0.25) is 0 Å². The molecule has 1 aromatic heterocycles. The van der Waals surface area contributed by atoms with Crippen molar-refractivity contribution in [2.75, 3.05) is 14.2 Å². The highest BCUT2D eigenvalue weighted by Crippen LogP contribution is 2.17. The molecule has 0 saturated carbocycles. The molecular formula is C11H19N3O. The second-order valence-corrected chi connectivity index (χ2v) is 3.45. The van der Waals surface area contributed by atoms with Crippen LogP contribution in [0.5, 0.6) is 0 Å². The molecule has 1 unspecified atom stereocenters. The summed E-state index contributed by atoms with van der Waals surface area (Å²) in [5.74, 6) is 0.784. The van der Waals surface area contributed by atoms with Crippen LogP contribution in [-0.4, -0.2) is 24.1 Å². The second kappa shape index (κ2) is 6.48. The zero-order chi connectivity index (χ0) is 11.1. The molecule has 0 bridgehead atoms. The van der Waals surface area contributed by atoms with Crippen LogP contribution in [0.4, 0.5) is 0 Å². The first-order chi connectivity index (χ1) is 7.31. The molecule has 4 heteroatoms. The number of nitrogens with zero attached hydrogens (tertiary/aromatic N) is 2. The van der Waals surface area contributed by atoms with Crippen molar-refractivity contribution in [1.82, 2.24) is 15.3 Å². The fourth-order valence-corrected chi connectivity index (χ4v) is 1.46. The van der Waals surface area contributed by atoms with E-state index in [1.165, 1.54) is 0 Å². The van der Waals surface area contributed by atoms with Gasteiger partial charge in [0.05, 0.1) is 5.69 Å². The van der Waals surface area contributed by atoms with E-state index in [1.54, 1.807) is 13.3 Å². The van der Waals surface area contributed by atoms with Crippen molar-refractivity contribution in [1.29, 1.82) is 0 Å². The maximum absolute atomic E-state index is 5.36. The lowest BCUT2D eigenvalue weighted by atomic mass is 10.2. The molecule has 0 aliphatic heterocycles. The van der Waals surface area contributed by atoms with Gasteiger partial charge in [0.1, 0.15) is 6.10 Å². The molecule has 1 atom stereocenters. The summed E-state index contributed by atoms with van der Waals surface area (Å²) in [5, 5.41) is 3.07. The van der Waals surface area contributed by atoms with E-state index in [9.17, 15) is 0 Å². The lowest BCUT2D eigenvalue weighted by Crippen LogP contribution is -2.12. The van der Waals surface area contributed by atoms with E-state index in [0.717, 1.165) is 30.9 Å². The molecule has 0 radical (unpaired) electrons. The summed E-state index contributed by atoms with van der Waals surface area (Å²) in [4.78, 5) is 8.70. The van der Waals surface area contributed by atoms with Crippen LogP contribution >= 0.6 is 0 Å². The molecule has 0 amide bonds. The molecule has 1 N–H and O–H groups in total. The Balaban J connectivity index is 2.77. The fourth-order valence-electron chi connectivity index (χ4n) is 1.46. The number of ether oxygens (including phenoxy) is 1. The van der Waals surface area contributed by atoms with Gasteiger partial charge in [-0.15, -0.1) is 0 Å². The molecule has 0 aromatic carbocycles. The first-order valence-electron chi connectivity index (χ1n) is 5.31. The molecule has 0 fully saturated rings. The monoisotopic (exact) mass is 209 g/mol. The second-order valence-electron chi connectivity index (χ2n) is 3.45. The standard InChI is InChI=1S/C11H19N3O/c1-4-5-10(15-3)11-13-7-6-9(14-11)8-12-2/h6-7,10,12H,4-5,8H2,1-3H3. The third-order valence-corrected chi connectivity index (χ3v) is 2.21. The van der Waals surface area contributed by atoms with Gasteiger partial charge in [-0.05, 0) is 19.5 Å². The van der Waals surface area contributed by atoms with Crippen molar-refractivity contribution in [3.05, 3.63) is 23.8 Å². The lowest BCUT2D eigenvalue weighted by molar-refractivity contribution is 0.0874. The van der Waals surface area contributed by atoms with Gasteiger partial charge < -0.3 is 10.1 Å². The summed E-state index contributed by atoms with van der Waals surface area (Å²) < 4.78 is 5.36. The van der Waals surface area contributed by atoms with Crippen molar-refractivity contribution in [3.8, 4) is 0 Å². The Morgan fingerprint density at radius 1 is 1.53 bits per heavy atom. The van der Waals surface area contributed by atoms with Gasteiger partial charge in [0.15, 0.2) is 5.82 Å².